The van der Waals surface area contributed by atoms with Gasteiger partial charge in [0.1, 0.15) is 5.82 Å². The number of carbonyl (C=O) groups is 1. The lowest BCUT2D eigenvalue weighted by atomic mass is 10.0. The fraction of sp³-hybridized carbons (Fsp3) is 0.100. The molecule has 1 amide bonds. The lowest BCUT2D eigenvalue weighted by Gasteiger charge is -2.13. The van der Waals surface area contributed by atoms with E-state index in [1.165, 1.54) is 23.6 Å². The third-order valence-corrected chi connectivity index (χ3v) is 3.86. The summed E-state index contributed by atoms with van der Waals surface area (Å²) in [6.07, 6.45) is 1.73. The maximum Gasteiger partial charge on any atom is 0.255 e. The molecule has 0 spiro atoms. The van der Waals surface area contributed by atoms with Gasteiger partial charge in [0.2, 0.25) is 5.91 Å². The number of amides is 1. The molecule has 25 heavy (non-hydrogen) atoms. The molecule has 3 aromatic rings. The van der Waals surface area contributed by atoms with Crippen LogP contribution < -0.4 is 10.9 Å². The molecule has 0 aliphatic heterocycles. The van der Waals surface area contributed by atoms with Crippen LogP contribution in [-0.2, 0) is 4.79 Å². The highest BCUT2D eigenvalue weighted by Gasteiger charge is 2.08. The Hall–Kier alpha value is -3.21. The van der Waals surface area contributed by atoms with Crippen molar-refractivity contribution in [3.63, 3.8) is 0 Å². The molecule has 5 heteroatoms. The second-order valence-electron chi connectivity index (χ2n) is 5.82. The summed E-state index contributed by atoms with van der Waals surface area (Å²) < 4.78 is 14.7. The van der Waals surface area contributed by atoms with Crippen molar-refractivity contribution in [2.45, 2.75) is 13.8 Å². The summed E-state index contributed by atoms with van der Waals surface area (Å²) in [5.41, 5.74) is 3.55. The van der Waals surface area contributed by atoms with Gasteiger partial charge in [-0.25, -0.2) is 4.39 Å². The van der Waals surface area contributed by atoms with Crippen LogP contribution in [0.1, 0.15) is 12.5 Å². The van der Waals surface area contributed by atoms with Crippen molar-refractivity contribution in [1.82, 2.24) is 4.57 Å². The van der Waals surface area contributed by atoms with E-state index in [9.17, 15) is 14.0 Å². The number of halogens is 1. The zero-order valence-electron chi connectivity index (χ0n) is 13.9. The highest BCUT2D eigenvalue weighted by atomic mass is 19.1. The van der Waals surface area contributed by atoms with Crippen molar-refractivity contribution >= 4 is 11.6 Å². The molecule has 0 bridgehead atoms. The monoisotopic (exact) mass is 336 g/mol. The first kappa shape index (κ1) is 16.6. The molecule has 126 valence electrons. The predicted octanol–water partition coefficient (Wildman–Crippen LogP) is 3.91. The zero-order valence-corrected chi connectivity index (χ0v) is 13.9. The summed E-state index contributed by atoms with van der Waals surface area (Å²) in [5, 5.41) is 2.70. The Labute approximate surface area is 144 Å². The van der Waals surface area contributed by atoms with Crippen LogP contribution in [0.5, 0.6) is 0 Å². The summed E-state index contributed by atoms with van der Waals surface area (Å²) in [6, 6.07) is 14.7. The van der Waals surface area contributed by atoms with Gasteiger partial charge in [-0.2, -0.15) is 0 Å². The number of carbonyl (C=O) groups excluding carboxylic acids is 1. The highest BCUT2D eigenvalue weighted by Crippen LogP contribution is 2.24. The Morgan fingerprint density at radius 3 is 2.48 bits per heavy atom. The third kappa shape index (κ3) is 3.66. The maximum atomic E-state index is 13.2. The van der Waals surface area contributed by atoms with Crippen molar-refractivity contribution in [2.24, 2.45) is 0 Å². The van der Waals surface area contributed by atoms with E-state index in [0.717, 1.165) is 16.7 Å². The Morgan fingerprint density at radius 2 is 1.80 bits per heavy atom. The molecule has 1 heterocycles. The number of nitrogens with one attached hydrogen (secondary N) is 1. The maximum absolute atomic E-state index is 13.2. The lowest BCUT2D eigenvalue weighted by molar-refractivity contribution is -0.114. The summed E-state index contributed by atoms with van der Waals surface area (Å²) in [4.78, 5) is 23.7. The fourth-order valence-corrected chi connectivity index (χ4v) is 2.70. The quantitative estimate of drug-likeness (QED) is 0.788. The lowest BCUT2D eigenvalue weighted by Crippen LogP contribution is -2.18. The number of anilines is 1. The molecule has 0 atom stereocenters. The molecule has 0 unspecified atom stereocenters. The van der Waals surface area contributed by atoms with Gasteiger partial charge < -0.3 is 5.32 Å². The second kappa shape index (κ2) is 6.73. The van der Waals surface area contributed by atoms with E-state index in [1.54, 1.807) is 48.7 Å². The number of hydrogen-bond donors (Lipinski definition) is 1. The van der Waals surface area contributed by atoms with Gasteiger partial charge in [0.25, 0.3) is 5.56 Å². The fourth-order valence-electron chi connectivity index (χ4n) is 2.70. The van der Waals surface area contributed by atoms with Crippen LogP contribution in [0.2, 0.25) is 0 Å². The molecule has 0 aliphatic carbocycles. The van der Waals surface area contributed by atoms with E-state index in [-0.39, 0.29) is 17.3 Å². The molecule has 1 aromatic heterocycles. The van der Waals surface area contributed by atoms with Crippen molar-refractivity contribution in [3.8, 4) is 16.8 Å². The number of aryl methyl sites for hydroxylation is 1. The Balaban J connectivity index is 2.11. The summed E-state index contributed by atoms with van der Waals surface area (Å²) in [7, 11) is 0. The van der Waals surface area contributed by atoms with E-state index in [0.29, 0.717) is 11.4 Å². The smallest absolute Gasteiger partial charge is 0.255 e. The first-order chi connectivity index (χ1) is 11.9. The standard InChI is InChI=1S/C20H17FN2O2/c1-13-10-20(25)23(12-19(13)15-6-8-16(21)9-7-15)18-5-3-4-17(11-18)22-14(2)24/h3-12H,1-2H3,(H,22,24). The van der Waals surface area contributed by atoms with Gasteiger partial charge in [0, 0.05) is 30.4 Å². The van der Waals surface area contributed by atoms with E-state index in [4.69, 9.17) is 0 Å². The molecule has 0 saturated heterocycles. The number of hydrogen-bond acceptors (Lipinski definition) is 2. The molecule has 0 aliphatic rings. The highest BCUT2D eigenvalue weighted by molar-refractivity contribution is 5.88. The van der Waals surface area contributed by atoms with Crippen LogP contribution in [0.25, 0.3) is 16.8 Å². The number of rotatable bonds is 3. The van der Waals surface area contributed by atoms with Crippen LogP contribution in [0.15, 0.2) is 65.6 Å². The summed E-state index contributed by atoms with van der Waals surface area (Å²) >= 11 is 0. The molecule has 0 fully saturated rings. The average molecular weight is 336 g/mol. The van der Waals surface area contributed by atoms with Gasteiger partial charge in [0.05, 0.1) is 5.69 Å². The SMILES string of the molecule is CC(=O)Nc1cccc(-n2cc(-c3ccc(F)cc3)c(C)cc2=O)c1. The van der Waals surface area contributed by atoms with Gasteiger partial charge in [-0.1, -0.05) is 18.2 Å². The molecule has 0 radical (unpaired) electrons. The topological polar surface area (TPSA) is 51.1 Å². The van der Waals surface area contributed by atoms with Crippen LogP contribution in [-0.4, -0.2) is 10.5 Å². The van der Waals surface area contributed by atoms with E-state index >= 15 is 0 Å². The molecule has 4 nitrogen and oxygen atoms in total. The molecule has 2 aromatic carbocycles. The first-order valence-corrected chi connectivity index (χ1v) is 7.81. The normalized spacial score (nSPS) is 10.5. The van der Waals surface area contributed by atoms with Gasteiger partial charge in [0.15, 0.2) is 0 Å². The van der Waals surface area contributed by atoms with Crippen LogP contribution in [0, 0.1) is 12.7 Å². The Kier molecular flexibility index (Phi) is 4.48. The largest absolute Gasteiger partial charge is 0.326 e. The van der Waals surface area contributed by atoms with Gasteiger partial charge in [-0.3, -0.25) is 14.2 Å². The molecule has 1 N–H and O–H groups in total. The average Bonchev–Trinajstić information content (AvgIpc) is 2.56. The Bertz CT molecular complexity index is 991. The number of pyridine rings is 1. The van der Waals surface area contributed by atoms with E-state index in [1.807, 2.05) is 6.92 Å². The van der Waals surface area contributed by atoms with E-state index < -0.39 is 0 Å². The minimum Gasteiger partial charge on any atom is -0.326 e. The zero-order chi connectivity index (χ0) is 18.0. The summed E-state index contributed by atoms with van der Waals surface area (Å²) in [6.45, 7) is 3.27. The summed E-state index contributed by atoms with van der Waals surface area (Å²) in [5.74, 6) is -0.488. The predicted molar refractivity (Wildman–Crippen MR) is 96.5 cm³/mol. The van der Waals surface area contributed by atoms with Crippen molar-refractivity contribution in [3.05, 3.63) is 82.5 Å². The van der Waals surface area contributed by atoms with Crippen molar-refractivity contribution < 1.29 is 9.18 Å². The van der Waals surface area contributed by atoms with Gasteiger partial charge in [-0.05, 0) is 48.4 Å². The minimum atomic E-state index is -0.308. The number of benzene rings is 2. The van der Waals surface area contributed by atoms with Crippen molar-refractivity contribution in [2.75, 3.05) is 5.32 Å². The molecule has 0 saturated carbocycles. The van der Waals surface area contributed by atoms with Crippen LogP contribution in [0.4, 0.5) is 10.1 Å². The van der Waals surface area contributed by atoms with E-state index in [2.05, 4.69) is 5.32 Å². The first-order valence-electron chi connectivity index (χ1n) is 7.81. The number of aromatic nitrogens is 1. The second-order valence-corrected chi connectivity index (χ2v) is 5.82. The van der Waals surface area contributed by atoms with Crippen molar-refractivity contribution in [1.29, 1.82) is 0 Å². The molecular formula is C20H17FN2O2. The van der Waals surface area contributed by atoms with Crippen LogP contribution >= 0.6 is 0 Å². The van der Waals surface area contributed by atoms with Gasteiger partial charge in [-0.15, -0.1) is 0 Å². The van der Waals surface area contributed by atoms with Crippen LogP contribution in [0.3, 0.4) is 0 Å². The molecular weight excluding hydrogens is 319 g/mol. The third-order valence-electron chi connectivity index (χ3n) is 3.86. The Morgan fingerprint density at radius 1 is 1.08 bits per heavy atom. The minimum absolute atomic E-state index is 0.177. The van der Waals surface area contributed by atoms with Gasteiger partial charge >= 0.3 is 0 Å². The molecule has 3 rings (SSSR count). The number of nitrogens with zero attached hydrogens (tertiary/aromatic N) is 1.